The maximum absolute atomic E-state index is 12.9. The molecular formula is C17H19ClN2O3S. The molecule has 24 heavy (non-hydrogen) atoms. The van der Waals surface area contributed by atoms with Crippen molar-refractivity contribution >= 4 is 33.2 Å². The summed E-state index contributed by atoms with van der Waals surface area (Å²) in [6.45, 7) is 3.25. The zero-order valence-corrected chi connectivity index (χ0v) is 15.3. The molecule has 0 unspecified atom stereocenters. The van der Waals surface area contributed by atoms with Crippen LogP contribution >= 0.6 is 11.6 Å². The van der Waals surface area contributed by atoms with Gasteiger partial charge in [0, 0.05) is 31.2 Å². The van der Waals surface area contributed by atoms with E-state index in [-0.39, 0.29) is 17.3 Å². The highest BCUT2D eigenvalue weighted by atomic mass is 35.5. The number of carbonyl (C=O) groups is 1. The molecule has 0 saturated carbocycles. The van der Waals surface area contributed by atoms with E-state index in [0.717, 1.165) is 5.56 Å². The van der Waals surface area contributed by atoms with Crippen molar-refractivity contribution < 1.29 is 13.2 Å². The number of hydrogen-bond acceptors (Lipinski definition) is 3. The van der Waals surface area contributed by atoms with Crippen LogP contribution in [0.2, 0.25) is 5.02 Å². The molecule has 1 N–H and O–H groups in total. The molecule has 0 spiro atoms. The third-order valence-electron chi connectivity index (χ3n) is 3.55. The zero-order chi connectivity index (χ0) is 17.9. The molecule has 1 amide bonds. The quantitative estimate of drug-likeness (QED) is 0.881. The van der Waals surface area contributed by atoms with Gasteiger partial charge in [0.05, 0.1) is 4.90 Å². The van der Waals surface area contributed by atoms with E-state index in [1.807, 2.05) is 6.07 Å². The second kappa shape index (κ2) is 7.34. The van der Waals surface area contributed by atoms with E-state index >= 15 is 0 Å². The number of benzene rings is 2. The van der Waals surface area contributed by atoms with E-state index < -0.39 is 10.0 Å². The monoisotopic (exact) mass is 366 g/mol. The van der Waals surface area contributed by atoms with Crippen molar-refractivity contribution in [1.29, 1.82) is 0 Å². The molecule has 0 aliphatic heterocycles. The highest BCUT2D eigenvalue weighted by Gasteiger charge is 2.24. The summed E-state index contributed by atoms with van der Waals surface area (Å²) in [6.07, 6.45) is 0. The fourth-order valence-electron chi connectivity index (χ4n) is 2.28. The molecule has 2 aromatic carbocycles. The molecule has 0 bridgehead atoms. The number of halogens is 1. The minimum absolute atomic E-state index is 0.156. The predicted octanol–water partition coefficient (Wildman–Crippen LogP) is 3.43. The van der Waals surface area contributed by atoms with Crippen LogP contribution in [-0.2, 0) is 21.4 Å². The molecule has 0 fully saturated rings. The molecule has 0 saturated heterocycles. The number of sulfonamides is 1. The van der Waals surface area contributed by atoms with Crippen molar-refractivity contribution in [3.63, 3.8) is 0 Å². The first-order valence-electron chi connectivity index (χ1n) is 7.30. The van der Waals surface area contributed by atoms with Crippen LogP contribution in [0.15, 0.2) is 47.4 Å². The summed E-state index contributed by atoms with van der Waals surface area (Å²) >= 11 is 6.11. The van der Waals surface area contributed by atoms with Gasteiger partial charge in [-0.05, 0) is 36.2 Å². The highest BCUT2D eigenvalue weighted by molar-refractivity contribution is 7.89. The van der Waals surface area contributed by atoms with Gasteiger partial charge in [0.1, 0.15) is 0 Å². The van der Waals surface area contributed by atoms with E-state index in [9.17, 15) is 13.2 Å². The van der Waals surface area contributed by atoms with Crippen molar-refractivity contribution in [3.8, 4) is 0 Å². The van der Waals surface area contributed by atoms with Crippen LogP contribution in [0.25, 0.3) is 0 Å². The first-order chi connectivity index (χ1) is 11.2. The minimum Gasteiger partial charge on any atom is -0.326 e. The molecule has 7 heteroatoms. The molecular weight excluding hydrogens is 348 g/mol. The maximum atomic E-state index is 12.9. The number of nitrogens with zero attached hydrogens (tertiary/aromatic N) is 1. The third-order valence-corrected chi connectivity index (χ3v) is 5.86. The van der Waals surface area contributed by atoms with Gasteiger partial charge in [-0.1, -0.05) is 35.9 Å². The Labute approximate surface area is 147 Å². The molecule has 128 valence electrons. The summed E-state index contributed by atoms with van der Waals surface area (Å²) in [7, 11) is -2.22. The minimum atomic E-state index is -3.72. The van der Waals surface area contributed by atoms with Crippen molar-refractivity contribution in [2.45, 2.75) is 25.3 Å². The van der Waals surface area contributed by atoms with Crippen LogP contribution < -0.4 is 5.32 Å². The van der Waals surface area contributed by atoms with Crippen molar-refractivity contribution in [2.75, 3.05) is 12.4 Å². The standard InChI is InChI=1S/C17H19ClN2O3S/c1-12-8-9-15(19-13(2)21)10-17(12)24(22,23)20(3)11-14-6-4-5-7-16(14)18/h4-10H,11H2,1-3H3,(H,19,21). The van der Waals surface area contributed by atoms with E-state index in [2.05, 4.69) is 5.32 Å². The van der Waals surface area contributed by atoms with Gasteiger partial charge in [-0.3, -0.25) is 4.79 Å². The van der Waals surface area contributed by atoms with Gasteiger partial charge in [-0.25, -0.2) is 8.42 Å². The number of anilines is 1. The first kappa shape index (κ1) is 18.4. The van der Waals surface area contributed by atoms with Gasteiger partial charge in [-0.15, -0.1) is 0 Å². The van der Waals surface area contributed by atoms with Crippen LogP contribution in [0.3, 0.4) is 0 Å². The Morgan fingerprint density at radius 3 is 2.50 bits per heavy atom. The fourth-order valence-corrected chi connectivity index (χ4v) is 3.87. The maximum Gasteiger partial charge on any atom is 0.243 e. The zero-order valence-electron chi connectivity index (χ0n) is 13.7. The Bertz CT molecular complexity index is 866. The number of carbonyl (C=O) groups excluding carboxylic acids is 1. The van der Waals surface area contributed by atoms with Crippen LogP contribution in [0.1, 0.15) is 18.1 Å². The Morgan fingerprint density at radius 1 is 1.21 bits per heavy atom. The van der Waals surface area contributed by atoms with Gasteiger partial charge in [-0.2, -0.15) is 4.31 Å². The lowest BCUT2D eigenvalue weighted by atomic mass is 10.2. The molecule has 5 nitrogen and oxygen atoms in total. The largest absolute Gasteiger partial charge is 0.326 e. The average molecular weight is 367 g/mol. The Balaban J connectivity index is 2.35. The number of rotatable bonds is 5. The smallest absolute Gasteiger partial charge is 0.243 e. The number of hydrogen-bond donors (Lipinski definition) is 1. The molecule has 0 heterocycles. The summed E-state index contributed by atoms with van der Waals surface area (Å²) in [5, 5.41) is 3.12. The van der Waals surface area contributed by atoms with E-state index in [0.29, 0.717) is 16.3 Å². The van der Waals surface area contributed by atoms with Gasteiger partial charge in [0.15, 0.2) is 0 Å². The van der Waals surface area contributed by atoms with Crippen LogP contribution in [0.4, 0.5) is 5.69 Å². The summed E-state index contributed by atoms with van der Waals surface area (Å²) in [4.78, 5) is 11.3. The van der Waals surface area contributed by atoms with E-state index in [1.165, 1.54) is 24.3 Å². The fraction of sp³-hybridized carbons (Fsp3) is 0.235. The third kappa shape index (κ3) is 4.14. The second-order valence-corrected chi connectivity index (χ2v) is 7.93. The summed E-state index contributed by atoms with van der Waals surface area (Å²) in [5.41, 5.74) is 1.77. The summed E-state index contributed by atoms with van der Waals surface area (Å²) in [6, 6.07) is 11.9. The highest BCUT2D eigenvalue weighted by Crippen LogP contribution is 2.25. The lowest BCUT2D eigenvalue weighted by molar-refractivity contribution is -0.114. The normalized spacial score (nSPS) is 11.5. The molecule has 0 atom stereocenters. The Kier molecular flexibility index (Phi) is 5.64. The van der Waals surface area contributed by atoms with Crippen LogP contribution in [0, 0.1) is 6.92 Å². The first-order valence-corrected chi connectivity index (χ1v) is 9.11. The van der Waals surface area contributed by atoms with Crippen molar-refractivity contribution in [3.05, 3.63) is 58.6 Å². The second-order valence-electron chi connectivity index (χ2n) is 5.51. The molecule has 0 aromatic heterocycles. The Hall–Kier alpha value is -1.89. The van der Waals surface area contributed by atoms with Gasteiger partial charge in [0.25, 0.3) is 0 Å². The van der Waals surface area contributed by atoms with Crippen LogP contribution in [-0.4, -0.2) is 25.7 Å². The summed E-state index contributed by atoms with van der Waals surface area (Å²) < 4.78 is 27.0. The molecule has 0 aliphatic rings. The molecule has 2 aromatic rings. The molecule has 2 rings (SSSR count). The number of amides is 1. The van der Waals surface area contributed by atoms with Crippen molar-refractivity contribution in [1.82, 2.24) is 4.31 Å². The van der Waals surface area contributed by atoms with Crippen molar-refractivity contribution in [2.24, 2.45) is 0 Å². The van der Waals surface area contributed by atoms with Gasteiger partial charge in [0.2, 0.25) is 15.9 Å². The van der Waals surface area contributed by atoms with Gasteiger partial charge < -0.3 is 5.32 Å². The SMILES string of the molecule is CC(=O)Nc1ccc(C)c(S(=O)(=O)N(C)Cc2ccccc2Cl)c1. The molecule has 0 aliphatic carbocycles. The molecule has 0 radical (unpaired) electrons. The lowest BCUT2D eigenvalue weighted by Gasteiger charge is -2.20. The van der Waals surface area contributed by atoms with Crippen LogP contribution in [0.5, 0.6) is 0 Å². The van der Waals surface area contributed by atoms with E-state index in [4.69, 9.17) is 11.6 Å². The summed E-state index contributed by atoms with van der Waals surface area (Å²) in [5.74, 6) is -0.258. The number of aryl methyl sites for hydroxylation is 1. The lowest BCUT2D eigenvalue weighted by Crippen LogP contribution is -2.27. The Morgan fingerprint density at radius 2 is 1.88 bits per heavy atom. The number of nitrogens with one attached hydrogen (secondary N) is 1. The topological polar surface area (TPSA) is 66.5 Å². The average Bonchev–Trinajstić information content (AvgIpc) is 2.50. The van der Waals surface area contributed by atoms with E-state index in [1.54, 1.807) is 37.3 Å². The van der Waals surface area contributed by atoms with Gasteiger partial charge >= 0.3 is 0 Å². The predicted molar refractivity (Wildman–Crippen MR) is 95.6 cm³/mol.